The number of ether oxygens (including phenoxy) is 2. The van der Waals surface area contributed by atoms with Gasteiger partial charge >= 0.3 is 18.0 Å². The molecule has 0 aromatic carbocycles. The van der Waals surface area contributed by atoms with Gasteiger partial charge in [0.2, 0.25) is 5.91 Å². The zero-order valence-corrected chi connectivity index (χ0v) is 18.0. The van der Waals surface area contributed by atoms with Crippen LogP contribution in [-0.4, -0.2) is 52.3 Å². The summed E-state index contributed by atoms with van der Waals surface area (Å²) in [6, 6.07) is -2.12. The molecule has 3 N–H and O–H groups in total. The van der Waals surface area contributed by atoms with E-state index in [1.54, 1.807) is 55.4 Å². The predicted octanol–water partition coefficient (Wildman–Crippen LogP) is 2.23. The Kier molecular flexibility index (Phi) is 9.43. The van der Waals surface area contributed by atoms with Gasteiger partial charge in [-0.3, -0.25) is 9.59 Å². The SMILES string of the molecule is CC(C)[C@@H](NC(=O)OC(C)(C)C)C(=O)N[C@@H](CCC(=O)O)C(=O)OC(C)(C)C. The minimum atomic E-state index is -1.15. The molecule has 0 aliphatic heterocycles. The van der Waals surface area contributed by atoms with Crippen molar-refractivity contribution in [3.8, 4) is 0 Å². The number of hydrogen-bond acceptors (Lipinski definition) is 6. The van der Waals surface area contributed by atoms with Gasteiger partial charge in [-0.1, -0.05) is 13.8 Å². The van der Waals surface area contributed by atoms with Crippen LogP contribution in [0.4, 0.5) is 4.79 Å². The van der Waals surface area contributed by atoms with Crippen LogP contribution in [-0.2, 0) is 23.9 Å². The van der Waals surface area contributed by atoms with Gasteiger partial charge in [0.1, 0.15) is 23.3 Å². The topological polar surface area (TPSA) is 131 Å². The molecule has 162 valence electrons. The Bertz CT molecular complexity index is 574. The van der Waals surface area contributed by atoms with E-state index in [1.807, 2.05) is 0 Å². The van der Waals surface area contributed by atoms with E-state index < -0.39 is 47.2 Å². The lowest BCUT2D eigenvalue weighted by atomic mass is 10.0. The molecule has 0 saturated carbocycles. The number of nitrogens with one attached hydrogen (secondary N) is 2. The first-order chi connectivity index (χ1) is 12.5. The third-order valence-electron chi connectivity index (χ3n) is 3.28. The first-order valence-corrected chi connectivity index (χ1v) is 9.26. The summed E-state index contributed by atoms with van der Waals surface area (Å²) in [6.07, 6.45) is -1.22. The number of carboxylic acid groups (broad SMARTS) is 1. The van der Waals surface area contributed by atoms with E-state index in [-0.39, 0.29) is 18.8 Å². The van der Waals surface area contributed by atoms with E-state index in [4.69, 9.17) is 14.6 Å². The number of amides is 2. The minimum Gasteiger partial charge on any atom is -0.481 e. The van der Waals surface area contributed by atoms with Crippen LogP contribution in [0.1, 0.15) is 68.2 Å². The van der Waals surface area contributed by atoms with Gasteiger partial charge in [-0.05, 0) is 53.9 Å². The maximum atomic E-state index is 12.7. The Balaban J connectivity index is 5.26. The standard InChI is InChI=1S/C19H34N2O7/c1-11(2)14(21-17(26)28-19(6,7)8)15(24)20-12(9-10-13(22)23)16(25)27-18(3,4)5/h11-12,14H,9-10H2,1-8H3,(H,20,24)(H,21,26)(H,22,23)/t12-,14+/m0/s1. The summed E-state index contributed by atoms with van der Waals surface area (Å²) >= 11 is 0. The molecule has 2 atom stereocenters. The lowest BCUT2D eigenvalue weighted by molar-refractivity contribution is -0.159. The Morgan fingerprint density at radius 1 is 0.893 bits per heavy atom. The van der Waals surface area contributed by atoms with Crippen molar-refractivity contribution >= 4 is 23.9 Å². The molecule has 9 heteroatoms. The van der Waals surface area contributed by atoms with Crippen LogP contribution in [0.25, 0.3) is 0 Å². The van der Waals surface area contributed by atoms with Gasteiger partial charge < -0.3 is 25.2 Å². The fraction of sp³-hybridized carbons (Fsp3) is 0.789. The number of carboxylic acids is 1. The van der Waals surface area contributed by atoms with Crippen molar-refractivity contribution in [2.75, 3.05) is 0 Å². The maximum Gasteiger partial charge on any atom is 0.408 e. The highest BCUT2D eigenvalue weighted by molar-refractivity contribution is 5.90. The first-order valence-electron chi connectivity index (χ1n) is 9.26. The van der Waals surface area contributed by atoms with E-state index in [9.17, 15) is 19.2 Å². The molecule has 0 aromatic heterocycles. The third kappa shape index (κ3) is 11.4. The Hall–Kier alpha value is -2.32. The van der Waals surface area contributed by atoms with Crippen LogP contribution < -0.4 is 10.6 Å². The number of carbonyl (C=O) groups is 4. The van der Waals surface area contributed by atoms with E-state index in [0.717, 1.165) is 0 Å². The predicted molar refractivity (Wildman–Crippen MR) is 103 cm³/mol. The third-order valence-corrected chi connectivity index (χ3v) is 3.28. The van der Waals surface area contributed by atoms with Gasteiger partial charge in [-0.2, -0.15) is 0 Å². The smallest absolute Gasteiger partial charge is 0.408 e. The van der Waals surface area contributed by atoms with Gasteiger partial charge in [0.15, 0.2) is 0 Å². The second-order valence-corrected chi connectivity index (χ2v) is 8.89. The molecule has 0 fully saturated rings. The van der Waals surface area contributed by atoms with Gasteiger partial charge in [0.25, 0.3) is 0 Å². The summed E-state index contributed by atoms with van der Waals surface area (Å²) < 4.78 is 10.4. The average molecular weight is 402 g/mol. The largest absolute Gasteiger partial charge is 0.481 e. The average Bonchev–Trinajstić information content (AvgIpc) is 2.44. The van der Waals surface area contributed by atoms with E-state index in [2.05, 4.69) is 10.6 Å². The van der Waals surface area contributed by atoms with Crippen molar-refractivity contribution in [3.63, 3.8) is 0 Å². The number of rotatable bonds is 8. The van der Waals surface area contributed by atoms with Crippen molar-refractivity contribution in [1.29, 1.82) is 0 Å². The van der Waals surface area contributed by atoms with Crippen molar-refractivity contribution < 1.29 is 33.8 Å². The quantitative estimate of drug-likeness (QED) is 0.531. The van der Waals surface area contributed by atoms with Gasteiger partial charge in [0.05, 0.1) is 0 Å². The molecule has 0 bridgehead atoms. The van der Waals surface area contributed by atoms with Crippen LogP contribution >= 0.6 is 0 Å². The summed E-state index contributed by atoms with van der Waals surface area (Å²) in [6.45, 7) is 13.5. The van der Waals surface area contributed by atoms with Crippen LogP contribution in [0.15, 0.2) is 0 Å². The Morgan fingerprint density at radius 3 is 1.79 bits per heavy atom. The first kappa shape index (κ1) is 25.7. The highest BCUT2D eigenvalue weighted by Gasteiger charge is 2.32. The molecule has 0 saturated heterocycles. The molecule has 0 aliphatic rings. The number of alkyl carbamates (subject to hydrolysis) is 1. The Morgan fingerprint density at radius 2 is 1.39 bits per heavy atom. The van der Waals surface area contributed by atoms with Crippen molar-refractivity contribution in [2.24, 2.45) is 5.92 Å². The number of hydrogen-bond donors (Lipinski definition) is 3. The van der Waals surface area contributed by atoms with Crippen molar-refractivity contribution in [1.82, 2.24) is 10.6 Å². The van der Waals surface area contributed by atoms with Crippen LogP contribution in [0.3, 0.4) is 0 Å². The van der Waals surface area contributed by atoms with Crippen LogP contribution in [0.5, 0.6) is 0 Å². The second-order valence-electron chi connectivity index (χ2n) is 8.89. The second kappa shape index (κ2) is 10.3. The molecule has 0 unspecified atom stereocenters. The molecule has 0 spiro atoms. The summed E-state index contributed by atoms with van der Waals surface area (Å²) in [7, 11) is 0. The molecule has 0 aromatic rings. The monoisotopic (exact) mass is 402 g/mol. The van der Waals surface area contributed by atoms with Gasteiger partial charge in [0, 0.05) is 6.42 Å². The zero-order valence-electron chi connectivity index (χ0n) is 18.0. The van der Waals surface area contributed by atoms with E-state index >= 15 is 0 Å². The lowest BCUT2D eigenvalue weighted by Crippen LogP contribution is -2.55. The van der Waals surface area contributed by atoms with Crippen LogP contribution in [0, 0.1) is 5.92 Å². The minimum absolute atomic E-state index is 0.132. The number of aliphatic carboxylic acids is 1. The molecule has 0 radical (unpaired) electrons. The summed E-state index contributed by atoms with van der Waals surface area (Å²) in [5.41, 5.74) is -1.53. The fourth-order valence-electron chi connectivity index (χ4n) is 2.12. The fourth-order valence-corrected chi connectivity index (χ4v) is 2.12. The molecule has 0 heterocycles. The highest BCUT2D eigenvalue weighted by atomic mass is 16.6. The highest BCUT2D eigenvalue weighted by Crippen LogP contribution is 2.13. The zero-order chi connectivity index (χ0) is 22.3. The molecular formula is C19H34N2O7. The number of esters is 1. The maximum absolute atomic E-state index is 12.7. The number of carbonyl (C=O) groups excluding carboxylic acids is 3. The van der Waals surface area contributed by atoms with Gasteiger partial charge in [-0.25, -0.2) is 9.59 Å². The molecule has 9 nitrogen and oxygen atoms in total. The van der Waals surface area contributed by atoms with E-state index in [0.29, 0.717) is 0 Å². The normalized spacial score (nSPS) is 14.0. The van der Waals surface area contributed by atoms with Crippen molar-refractivity contribution in [3.05, 3.63) is 0 Å². The molecule has 28 heavy (non-hydrogen) atoms. The molecule has 2 amide bonds. The molecular weight excluding hydrogens is 368 g/mol. The van der Waals surface area contributed by atoms with Gasteiger partial charge in [-0.15, -0.1) is 0 Å². The van der Waals surface area contributed by atoms with Crippen LogP contribution in [0.2, 0.25) is 0 Å². The Labute approximate surface area is 166 Å². The lowest BCUT2D eigenvalue weighted by Gasteiger charge is -2.28. The summed E-state index contributed by atoms with van der Waals surface area (Å²) in [4.78, 5) is 47.9. The molecule has 0 aliphatic carbocycles. The summed E-state index contributed by atoms with van der Waals surface area (Å²) in [5.74, 6) is -2.76. The summed E-state index contributed by atoms with van der Waals surface area (Å²) in [5, 5.41) is 13.9. The molecule has 0 rings (SSSR count). The van der Waals surface area contributed by atoms with Crippen molar-refractivity contribution in [2.45, 2.75) is 91.5 Å². The van der Waals surface area contributed by atoms with E-state index in [1.165, 1.54) is 0 Å².